The quantitative estimate of drug-likeness (QED) is 0.647. The van der Waals surface area contributed by atoms with E-state index >= 15 is 0 Å². The molecule has 27 heavy (non-hydrogen) atoms. The molecule has 3 aromatic rings. The maximum atomic E-state index is 12.2. The van der Waals surface area contributed by atoms with Crippen molar-refractivity contribution in [3.05, 3.63) is 77.9 Å². The summed E-state index contributed by atoms with van der Waals surface area (Å²) in [6, 6.07) is 10.4. The molecule has 0 aliphatic carbocycles. The van der Waals surface area contributed by atoms with Crippen molar-refractivity contribution in [1.29, 1.82) is 0 Å². The second-order valence-electron chi connectivity index (χ2n) is 5.53. The molecule has 1 amide bonds. The lowest BCUT2D eigenvalue weighted by atomic mass is 10.2. The minimum absolute atomic E-state index is 0.272. The smallest absolute Gasteiger partial charge is 0.337 e. The van der Waals surface area contributed by atoms with Crippen molar-refractivity contribution in [2.45, 2.75) is 6.54 Å². The molecule has 136 valence electrons. The van der Waals surface area contributed by atoms with Gasteiger partial charge in [0.05, 0.1) is 18.2 Å². The minimum Gasteiger partial charge on any atom is -0.465 e. The van der Waals surface area contributed by atoms with Crippen LogP contribution in [-0.2, 0) is 11.3 Å². The molecule has 0 atom stereocenters. The van der Waals surface area contributed by atoms with Crippen LogP contribution in [0.25, 0.3) is 0 Å². The van der Waals surface area contributed by atoms with Gasteiger partial charge >= 0.3 is 5.97 Å². The molecule has 0 fully saturated rings. The van der Waals surface area contributed by atoms with E-state index in [1.807, 2.05) is 12.1 Å². The Morgan fingerprint density at radius 2 is 1.78 bits per heavy atom. The lowest BCUT2D eigenvalue weighted by Crippen LogP contribution is -2.23. The summed E-state index contributed by atoms with van der Waals surface area (Å²) in [5, 5.41) is 5.77. The molecule has 0 unspecified atom stereocenters. The van der Waals surface area contributed by atoms with Gasteiger partial charge in [0.15, 0.2) is 0 Å². The highest BCUT2D eigenvalue weighted by Gasteiger charge is 2.09. The van der Waals surface area contributed by atoms with Gasteiger partial charge in [0.1, 0.15) is 0 Å². The van der Waals surface area contributed by atoms with E-state index < -0.39 is 5.97 Å². The van der Waals surface area contributed by atoms with Gasteiger partial charge in [-0.25, -0.2) is 14.8 Å². The van der Waals surface area contributed by atoms with Crippen LogP contribution in [0.4, 0.5) is 11.6 Å². The first-order chi connectivity index (χ1) is 13.2. The zero-order chi connectivity index (χ0) is 19.1. The lowest BCUT2D eigenvalue weighted by Gasteiger charge is -2.08. The van der Waals surface area contributed by atoms with E-state index in [1.54, 1.807) is 36.7 Å². The Bertz CT molecular complexity index is 930. The molecule has 2 N–H and O–H groups in total. The minimum atomic E-state index is -0.430. The third kappa shape index (κ3) is 4.85. The number of methoxy groups -OCH3 is 1. The fourth-order valence-electron chi connectivity index (χ4n) is 2.27. The van der Waals surface area contributed by atoms with E-state index in [-0.39, 0.29) is 5.91 Å². The number of anilines is 2. The van der Waals surface area contributed by atoms with Crippen LogP contribution in [0.3, 0.4) is 0 Å². The number of pyridine rings is 1. The highest BCUT2D eigenvalue weighted by molar-refractivity contribution is 5.93. The third-order valence-electron chi connectivity index (χ3n) is 3.66. The molecule has 8 heteroatoms. The Morgan fingerprint density at radius 3 is 2.48 bits per heavy atom. The van der Waals surface area contributed by atoms with Crippen molar-refractivity contribution < 1.29 is 14.3 Å². The van der Waals surface area contributed by atoms with Crippen molar-refractivity contribution in [3.8, 4) is 0 Å². The first kappa shape index (κ1) is 18.0. The van der Waals surface area contributed by atoms with Crippen molar-refractivity contribution in [1.82, 2.24) is 20.3 Å². The maximum Gasteiger partial charge on any atom is 0.337 e. The zero-order valence-electron chi connectivity index (χ0n) is 14.5. The maximum absolute atomic E-state index is 12.2. The summed E-state index contributed by atoms with van der Waals surface area (Å²) in [7, 11) is 1.32. The van der Waals surface area contributed by atoms with Crippen LogP contribution in [0.2, 0.25) is 0 Å². The van der Waals surface area contributed by atoms with Crippen LogP contribution < -0.4 is 10.6 Å². The number of carbonyl (C=O) groups excluding carboxylic acids is 2. The average molecular weight is 363 g/mol. The van der Waals surface area contributed by atoms with Gasteiger partial charge in [-0.05, 0) is 35.9 Å². The van der Waals surface area contributed by atoms with Gasteiger partial charge in [-0.2, -0.15) is 0 Å². The zero-order valence-corrected chi connectivity index (χ0v) is 14.5. The van der Waals surface area contributed by atoms with Crippen molar-refractivity contribution >= 4 is 23.5 Å². The number of rotatable bonds is 6. The first-order valence-corrected chi connectivity index (χ1v) is 8.10. The number of nitrogens with one attached hydrogen (secondary N) is 2. The molecule has 1 aromatic carbocycles. The van der Waals surface area contributed by atoms with Gasteiger partial charge in [0, 0.05) is 37.0 Å². The van der Waals surface area contributed by atoms with E-state index in [4.69, 9.17) is 4.74 Å². The normalized spacial score (nSPS) is 10.1. The third-order valence-corrected chi connectivity index (χ3v) is 3.66. The summed E-state index contributed by atoms with van der Waals surface area (Å²) < 4.78 is 4.69. The van der Waals surface area contributed by atoms with E-state index in [0.717, 1.165) is 5.56 Å². The number of amides is 1. The largest absolute Gasteiger partial charge is 0.465 e. The van der Waals surface area contributed by atoms with Crippen molar-refractivity contribution in [2.75, 3.05) is 12.4 Å². The number of aromatic nitrogens is 3. The number of hydrogen-bond donors (Lipinski definition) is 2. The fourth-order valence-corrected chi connectivity index (χ4v) is 2.27. The number of ether oxygens (including phenoxy) is 1. The summed E-state index contributed by atoms with van der Waals surface area (Å²) >= 11 is 0. The second kappa shape index (κ2) is 8.52. The van der Waals surface area contributed by atoms with Gasteiger partial charge in [0.2, 0.25) is 5.95 Å². The molecule has 0 aliphatic heterocycles. The van der Waals surface area contributed by atoms with Crippen LogP contribution >= 0.6 is 0 Å². The van der Waals surface area contributed by atoms with Gasteiger partial charge < -0.3 is 15.4 Å². The number of nitrogens with zero attached hydrogens (tertiary/aromatic N) is 3. The molecule has 0 aliphatic rings. The molecular formula is C19H17N5O3. The number of benzene rings is 1. The molecule has 0 spiro atoms. The molecule has 8 nitrogen and oxygen atoms in total. The van der Waals surface area contributed by atoms with E-state index in [1.165, 1.54) is 19.5 Å². The summed E-state index contributed by atoms with van der Waals surface area (Å²) in [5.74, 6) is -0.394. The topological polar surface area (TPSA) is 106 Å². The van der Waals surface area contributed by atoms with E-state index in [0.29, 0.717) is 29.3 Å². The molecule has 0 saturated carbocycles. The number of esters is 1. The second-order valence-corrected chi connectivity index (χ2v) is 5.53. The number of carbonyl (C=O) groups is 2. The summed E-state index contributed by atoms with van der Waals surface area (Å²) in [6.45, 7) is 0.391. The van der Waals surface area contributed by atoms with Crippen molar-refractivity contribution in [2.24, 2.45) is 0 Å². The van der Waals surface area contributed by atoms with E-state index in [2.05, 4.69) is 25.6 Å². The standard InChI is InChI=1S/C19H17N5O3/c1-27-18(26)14-3-2-4-16(9-14)24-19-22-11-15(12-23-19)17(25)21-10-13-5-7-20-8-6-13/h2-9,11-12H,10H2,1H3,(H,21,25)(H,22,23,24). The monoisotopic (exact) mass is 363 g/mol. The Kier molecular flexibility index (Phi) is 5.68. The predicted molar refractivity (Wildman–Crippen MR) is 98.5 cm³/mol. The number of hydrogen-bond acceptors (Lipinski definition) is 7. The van der Waals surface area contributed by atoms with Crippen LogP contribution in [0.15, 0.2) is 61.2 Å². The molecule has 0 bridgehead atoms. The Labute approximate surface area is 155 Å². The Hall–Kier alpha value is -3.81. The molecular weight excluding hydrogens is 346 g/mol. The summed E-state index contributed by atoms with van der Waals surface area (Å²) in [4.78, 5) is 35.9. The van der Waals surface area contributed by atoms with Crippen molar-refractivity contribution in [3.63, 3.8) is 0 Å². The predicted octanol–water partition coefficient (Wildman–Crippen LogP) is 2.33. The first-order valence-electron chi connectivity index (χ1n) is 8.10. The Balaban J connectivity index is 1.61. The fraction of sp³-hybridized carbons (Fsp3) is 0.105. The molecule has 2 heterocycles. The Morgan fingerprint density at radius 1 is 1.04 bits per heavy atom. The van der Waals surface area contributed by atoms with E-state index in [9.17, 15) is 9.59 Å². The molecule has 0 radical (unpaired) electrons. The molecule has 2 aromatic heterocycles. The average Bonchev–Trinajstić information content (AvgIpc) is 2.73. The highest BCUT2D eigenvalue weighted by atomic mass is 16.5. The van der Waals surface area contributed by atoms with Crippen LogP contribution in [0.1, 0.15) is 26.3 Å². The molecule has 3 rings (SSSR count). The van der Waals surface area contributed by atoms with Gasteiger partial charge in [0.25, 0.3) is 5.91 Å². The van der Waals surface area contributed by atoms with Crippen LogP contribution in [0, 0.1) is 0 Å². The van der Waals surface area contributed by atoms with Crippen LogP contribution in [-0.4, -0.2) is 33.9 Å². The summed E-state index contributed by atoms with van der Waals surface area (Å²) in [6.07, 6.45) is 6.20. The van der Waals surface area contributed by atoms with Gasteiger partial charge in [-0.3, -0.25) is 9.78 Å². The lowest BCUT2D eigenvalue weighted by molar-refractivity contribution is 0.0600. The highest BCUT2D eigenvalue weighted by Crippen LogP contribution is 2.15. The van der Waals surface area contributed by atoms with Gasteiger partial charge in [-0.15, -0.1) is 0 Å². The summed E-state index contributed by atoms with van der Waals surface area (Å²) in [5.41, 5.74) is 2.34. The van der Waals surface area contributed by atoms with Gasteiger partial charge in [-0.1, -0.05) is 6.07 Å². The van der Waals surface area contributed by atoms with Crippen LogP contribution in [0.5, 0.6) is 0 Å². The molecule has 0 saturated heterocycles. The SMILES string of the molecule is COC(=O)c1cccc(Nc2ncc(C(=O)NCc3ccncc3)cn2)c1.